The number of rotatable bonds is 6. The van der Waals surface area contributed by atoms with Gasteiger partial charge in [0.05, 0.1) is 6.04 Å². The molecule has 0 spiro atoms. The Labute approximate surface area is 126 Å². The smallest absolute Gasteiger partial charge is 0.389 e. The molecule has 1 heterocycles. The molecule has 2 nitrogen and oxygen atoms in total. The highest BCUT2D eigenvalue weighted by atomic mass is 35.5. The Bertz CT molecular complexity index is 594. The zero-order chi connectivity index (χ0) is 15.5. The summed E-state index contributed by atoms with van der Waals surface area (Å²) in [5.41, 5.74) is 0.629. The van der Waals surface area contributed by atoms with Crippen LogP contribution in [0, 0.1) is 0 Å². The molecule has 0 radical (unpaired) electrons. The van der Waals surface area contributed by atoms with Gasteiger partial charge in [-0.3, -0.25) is 0 Å². The average Bonchev–Trinajstić information content (AvgIpc) is 2.80. The van der Waals surface area contributed by atoms with E-state index >= 15 is 0 Å². The van der Waals surface area contributed by atoms with Crippen molar-refractivity contribution in [1.82, 2.24) is 5.32 Å². The van der Waals surface area contributed by atoms with E-state index in [1.165, 1.54) is 0 Å². The van der Waals surface area contributed by atoms with Crippen LogP contribution in [0.1, 0.15) is 38.0 Å². The molecule has 1 unspecified atom stereocenters. The summed E-state index contributed by atoms with van der Waals surface area (Å²) in [5.74, 6) is 0.518. The van der Waals surface area contributed by atoms with Crippen LogP contribution >= 0.6 is 11.6 Å². The molecule has 1 atom stereocenters. The van der Waals surface area contributed by atoms with E-state index in [9.17, 15) is 13.2 Å². The standard InChI is InChI=1S/C15H17ClF3NO/c1-2-7-20-12(5-6-15(17,18)19)14-9-10-8-11(16)3-4-13(10)21-14/h3-4,8-9,12,20H,2,5-7H2,1H3. The molecule has 0 fully saturated rings. The Hall–Kier alpha value is -1.20. The number of nitrogens with one attached hydrogen (secondary N) is 1. The first-order valence-electron chi connectivity index (χ1n) is 6.88. The van der Waals surface area contributed by atoms with Crippen LogP contribution in [0.5, 0.6) is 0 Å². The van der Waals surface area contributed by atoms with Crippen LogP contribution in [0.15, 0.2) is 28.7 Å². The highest BCUT2D eigenvalue weighted by Gasteiger charge is 2.29. The third kappa shape index (κ3) is 4.64. The maximum atomic E-state index is 12.4. The molecule has 6 heteroatoms. The van der Waals surface area contributed by atoms with Gasteiger partial charge in [-0.25, -0.2) is 0 Å². The molecule has 116 valence electrons. The lowest BCUT2D eigenvalue weighted by Gasteiger charge is -2.17. The predicted molar refractivity (Wildman–Crippen MR) is 77.5 cm³/mol. The molecule has 2 rings (SSSR count). The van der Waals surface area contributed by atoms with Crippen molar-refractivity contribution in [1.29, 1.82) is 0 Å². The van der Waals surface area contributed by atoms with Crippen molar-refractivity contribution in [2.45, 2.75) is 38.4 Å². The monoisotopic (exact) mass is 319 g/mol. The fraction of sp³-hybridized carbons (Fsp3) is 0.467. The van der Waals surface area contributed by atoms with E-state index in [1.807, 2.05) is 6.92 Å². The van der Waals surface area contributed by atoms with Crippen LogP contribution in [0.3, 0.4) is 0 Å². The van der Waals surface area contributed by atoms with E-state index in [0.717, 1.165) is 11.8 Å². The van der Waals surface area contributed by atoms with Gasteiger partial charge in [-0.15, -0.1) is 0 Å². The van der Waals surface area contributed by atoms with Gasteiger partial charge in [0.15, 0.2) is 0 Å². The molecule has 1 aromatic carbocycles. The van der Waals surface area contributed by atoms with Gasteiger partial charge < -0.3 is 9.73 Å². The van der Waals surface area contributed by atoms with Crippen molar-refractivity contribution in [2.75, 3.05) is 6.54 Å². The number of furan rings is 1. The molecule has 0 aliphatic carbocycles. The lowest BCUT2D eigenvalue weighted by Crippen LogP contribution is -2.23. The Kier molecular flexibility index (Phi) is 5.17. The van der Waals surface area contributed by atoms with Crippen LogP contribution in [0.4, 0.5) is 13.2 Å². The Morgan fingerprint density at radius 2 is 2.05 bits per heavy atom. The van der Waals surface area contributed by atoms with Crippen molar-refractivity contribution in [2.24, 2.45) is 0 Å². The summed E-state index contributed by atoms with van der Waals surface area (Å²) in [6.45, 7) is 2.60. The van der Waals surface area contributed by atoms with Crippen molar-refractivity contribution in [3.8, 4) is 0 Å². The number of hydrogen-bond acceptors (Lipinski definition) is 2. The number of fused-ring (bicyclic) bond motifs is 1. The first-order valence-corrected chi connectivity index (χ1v) is 7.26. The van der Waals surface area contributed by atoms with Crippen molar-refractivity contribution < 1.29 is 17.6 Å². The Morgan fingerprint density at radius 3 is 2.71 bits per heavy atom. The molecule has 0 aliphatic heterocycles. The number of alkyl halides is 3. The fourth-order valence-electron chi connectivity index (χ4n) is 2.18. The molecule has 2 aromatic rings. The van der Waals surface area contributed by atoms with E-state index in [0.29, 0.717) is 22.9 Å². The lowest BCUT2D eigenvalue weighted by atomic mass is 10.1. The fourth-order valence-corrected chi connectivity index (χ4v) is 2.36. The van der Waals surface area contributed by atoms with Gasteiger partial charge in [-0.2, -0.15) is 13.2 Å². The van der Waals surface area contributed by atoms with Crippen LogP contribution < -0.4 is 5.32 Å². The molecule has 1 N–H and O–H groups in total. The summed E-state index contributed by atoms with van der Waals surface area (Å²) in [5, 5.41) is 4.48. The van der Waals surface area contributed by atoms with E-state index in [4.69, 9.17) is 16.0 Å². The highest BCUT2D eigenvalue weighted by molar-refractivity contribution is 6.31. The molecule has 1 aromatic heterocycles. The maximum absolute atomic E-state index is 12.4. The first kappa shape index (κ1) is 16.2. The third-order valence-corrected chi connectivity index (χ3v) is 3.43. The Balaban J connectivity index is 2.20. The number of hydrogen-bond donors (Lipinski definition) is 1. The minimum atomic E-state index is -4.17. The van der Waals surface area contributed by atoms with E-state index in [1.54, 1.807) is 24.3 Å². The SMILES string of the molecule is CCCNC(CCC(F)(F)F)c1cc2cc(Cl)ccc2o1. The topological polar surface area (TPSA) is 25.2 Å². The molecule has 21 heavy (non-hydrogen) atoms. The van der Waals surface area contributed by atoms with E-state index in [-0.39, 0.29) is 6.42 Å². The zero-order valence-corrected chi connectivity index (χ0v) is 12.4. The molecule has 0 amide bonds. The second kappa shape index (κ2) is 6.71. The Morgan fingerprint density at radius 1 is 1.29 bits per heavy atom. The quantitative estimate of drug-likeness (QED) is 0.763. The second-order valence-electron chi connectivity index (χ2n) is 4.99. The van der Waals surface area contributed by atoms with E-state index < -0.39 is 18.6 Å². The van der Waals surface area contributed by atoms with Gasteiger partial charge >= 0.3 is 6.18 Å². The van der Waals surface area contributed by atoms with Gasteiger partial charge in [-0.05, 0) is 43.7 Å². The molecule has 0 aliphatic rings. The van der Waals surface area contributed by atoms with Crippen LogP contribution in [0.25, 0.3) is 11.0 Å². The van der Waals surface area contributed by atoms with Gasteiger partial charge in [0.25, 0.3) is 0 Å². The van der Waals surface area contributed by atoms with Gasteiger partial charge in [0, 0.05) is 16.8 Å². The predicted octanol–water partition coefficient (Wildman–Crippen LogP) is 5.47. The normalized spacial score (nSPS) is 13.8. The van der Waals surface area contributed by atoms with Gasteiger partial charge in [0.2, 0.25) is 0 Å². The summed E-state index contributed by atoms with van der Waals surface area (Å²) in [6, 6.07) is 6.47. The highest BCUT2D eigenvalue weighted by Crippen LogP contribution is 2.31. The van der Waals surface area contributed by atoms with Gasteiger partial charge in [0.1, 0.15) is 11.3 Å². The van der Waals surface area contributed by atoms with Crippen LogP contribution in [0.2, 0.25) is 5.02 Å². The summed E-state index contributed by atoms with van der Waals surface area (Å²) >= 11 is 5.91. The van der Waals surface area contributed by atoms with Crippen molar-refractivity contribution >= 4 is 22.6 Å². The average molecular weight is 320 g/mol. The maximum Gasteiger partial charge on any atom is 0.389 e. The summed E-state index contributed by atoms with van der Waals surface area (Å²) < 4.78 is 43.0. The molecule has 0 saturated heterocycles. The second-order valence-corrected chi connectivity index (χ2v) is 5.43. The van der Waals surface area contributed by atoms with E-state index in [2.05, 4.69) is 5.32 Å². The summed E-state index contributed by atoms with van der Waals surface area (Å²) in [6.07, 6.45) is -4.21. The van der Waals surface area contributed by atoms with Crippen molar-refractivity contribution in [3.05, 3.63) is 35.0 Å². The minimum absolute atomic E-state index is 0.0446. The van der Waals surface area contributed by atoms with Crippen LogP contribution in [-0.4, -0.2) is 12.7 Å². The largest absolute Gasteiger partial charge is 0.459 e. The minimum Gasteiger partial charge on any atom is -0.459 e. The van der Waals surface area contributed by atoms with Crippen molar-refractivity contribution in [3.63, 3.8) is 0 Å². The molecule has 0 bridgehead atoms. The van der Waals surface area contributed by atoms with Crippen LogP contribution in [-0.2, 0) is 0 Å². The number of benzene rings is 1. The first-order chi connectivity index (χ1) is 9.89. The summed E-state index contributed by atoms with van der Waals surface area (Å²) in [4.78, 5) is 0. The molecular formula is C15H17ClF3NO. The molecular weight excluding hydrogens is 303 g/mol. The lowest BCUT2D eigenvalue weighted by molar-refractivity contribution is -0.136. The third-order valence-electron chi connectivity index (χ3n) is 3.20. The number of halogens is 4. The van der Waals surface area contributed by atoms with Gasteiger partial charge in [-0.1, -0.05) is 18.5 Å². The zero-order valence-electron chi connectivity index (χ0n) is 11.6. The summed E-state index contributed by atoms with van der Waals surface area (Å²) in [7, 11) is 0. The molecule has 0 saturated carbocycles.